The van der Waals surface area contributed by atoms with E-state index >= 15 is 0 Å². The van der Waals surface area contributed by atoms with Crippen LogP contribution in [0, 0.1) is 10.1 Å². The van der Waals surface area contributed by atoms with Crippen LogP contribution in [0.4, 0.5) is 17.1 Å². The summed E-state index contributed by atoms with van der Waals surface area (Å²) in [5.74, 6) is -1.15. The molecule has 3 aromatic rings. The first kappa shape index (κ1) is 22.0. The summed E-state index contributed by atoms with van der Waals surface area (Å²) in [5.41, 5.74) is 0.193. The Balaban J connectivity index is 1.79. The number of benzene rings is 3. The number of phenolic OH excluding ortho intramolecular Hbond substituents is 1. The molecular weight excluding hydrogens is 454 g/mol. The number of nitro benzene ring substituents is 1. The number of hydrazone groups is 1. The van der Waals surface area contributed by atoms with E-state index < -0.39 is 43.3 Å². The number of carbonyl (C=O) groups excluding carboxylic acids is 1. The minimum Gasteiger partial charge on any atom is -0.506 e. The Morgan fingerprint density at radius 3 is 2.45 bits per heavy atom. The fraction of sp³-hybridized carbons (Fsp3) is 0.100. The van der Waals surface area contributed by atoms with Crippen LogP contribution in [-0.2, 0) is 14.9 Å². The predicted molar refractivity (Wildman–Crippen MR) is 117 cm³/mol. The van der Waals surface area contributed by atoms with Gasteiger partial charge in [0.15, 0.2) is 6.04 Å². The van der Waals surface area contributed by atoms with E-state index in [1.165, 1.54) is 11.1 Å². The summed E-state index contributed by atoms with van der Waals surface area (Å²) in [5, 5.41) is 34.5. The van der Waals surface area contributed by atoms with Crippen LogP contribution in [0.25, 0.3) is 10.8 Å². The van der Waals surface area contributed by atoms with Crippen molar-refractivity contribution >= 4 is 49.6 Å². The standard InChI is InChI=1S/C20H15N5O7S/c1-11-18(20(27)24(23-11)12-5-3-2-4-6-12)21-22-19-14-8-7-13(25(28)29)9-15(14)17(10-16(19)26)33(30,31)32/h2-10,18,26H,1H3,(H,30,31,32)/t18-/m0/s1. The van der Waals surface area contributed by atoms with Gasteiger partial charge in [-0.3, -0.25) is 19.5 Å². The summed E-state index contributed by atoms with van der Waals surface area (Å²) >= 11 is 0. The van der Waals surface area contributed by atoms with E-state index in [1.807, 2.05) is 0 Å². The highest BCUT2D eigenvalue weighted by Crippen LogP contribution is 2.41. The zero-order valence-corrected chi connectivity index (χ0v) is 17.7. The molecule has 4 rings (SSSR count). The molecule has 2 N–H and O–H groups in total. The molecule has 33 heavy (non-hydrogen) atoms. The quantitative estimate of drug-likeness (QED) is 0.248. The predicted octanol–water partition coefficient (Wildman–Crippen LogP) is 3.58. The van der Waals surface area contributed by atoms with Crippen LogP contribution in [0.3, 0.4) is 0 Å². The van der Waals surface area contributed by atoms with E-state index in [1.54, 1.807) is 37.3 Å². The third-order valence-electron chi connectivity index (χ3n) is 4.89. The van der Waals surface area contributed by atoms with Gasteiger partial charge < -0.3 is 5.11 Å². The molecular formula is C20H15N5O7S. The molecule has 12 nitrogen and oxygen atoms in total. The van der Waals surface area contributed by atoms with E-state index in [-0.39, 0.29) is 16.5 Å². The van der Waals surface area contributed by atoms with Crippen LogP contribution >= 0.6 is 0 Å². The van der Waals surface area contributed by atoms with Gasteiger partial charge in [-0.25, -0.2) is 0 Å². The van der Waals surface area contributed by atoms with E-state index in [0.29, 0.717) is 17.5 Å². The number of non-ortho nitro benzene ring substituents is 1. The number of hydrogen-bond acceptors (Lipinski definition) is 9. The number of nitro groups is 1. The number of rotatable bonds is 5. The summed E-state index contributed by atoms with van der Waals surface area (Å²) in [4.78, 5) is 22.4. The highest BCUT2D eigenvalue weighted by molar-refractivity contribution is 7.86. The topological polar surface area (TPSA) is 175 Å². The summed E-state index contributed by atoms with van der Waals surface area (Å²) in [6, 6.07) is 11.4. The second kappa shape index (κ2) is 8.03. The maximum atomic E-state index is 12.8. The zero-order valence-electron chi connectivity index (χ0n) is 16.9. The van der Waals surface area contributed by atoms with Gasteiger partial charge in [-0.15, -0.1) is 0 Å². The van der Waals surface area contributed by atoms with E-state index in [4.69, 9.17) is 0 Å². The molecule has 0 bridgehead atoms. The van der Waals surface area contributed by atoms with Crippen molar-refractivity contribution < 1.29 is 27.8 Å². The number of aromatic hydroxyl groups is 1. The molecule has 1 atom stereocenters. The number of para-hydroxylation sites is 1. The van der Waals surface area contributed by atoms with Crippen molar-refractivity contribution in [3.63, 3.8) is 0 Å². The fourth-order valence-electron chi connectivity index (χ4n) is 3.34. The van der Waals surface area contributed by atoms with Crippen molar-refractivity contribution in [2.45, 2.75) is 17.9 Å². The minimum absolute atomic E-state index is 0.0306. The number of hydrogen-bond donors (Lipinski definition) is 2. The number of fused-ring (bicyclic) bond motifs is 1. The molecule has 1 aliphatic heterocycles. The van der Waals surface area contributed by atoms with Gasteiger partial charge in [-0.1, -0.05) is 18.2 Å². The van der Waals surface area contributed by atoms with E-state index in [0.717, 1.165) is 12.1 Å². The van der Waals surface area contributed by atoms with Gasteiger partial charge in [0.05, 0.1) is 16.3 Å². The first-order valence-corrected chi connectivity index (χ1v) is 10.8. The average molecular weight is 469 g/mol. The SMILES string of the molecule is CC1=NN(c2ccccc2)C(=O)[C@H]1N=Nc1c(O)cc(S(=O)(=O)O)c2cc([N+](=O)[O-])ccc12. The molecule has 0 radical (unpaired) electrons. The lowest BCUT2D eigenvalue weighted by molar-refractivity contribution is -0.384. The maximum Gasteiger partial charge on any atom is 0.295 e. The van der Waals surface area contributed by atoms with Gasteiger partial charge in [-0.2, -0.15) is 28.8 Å². The molecule has 3 aromatic carbocycles. The number of carbonyl (C=O) groups is 1. The normalized spacial score (nSPS) is 16.5. The van der Waals surface area contributed by atoms with Crippen LogP contribution in [0.5, 0.6) is 5.75 Å². The number of azo groups is 1. The summed E-state index contributed by atoms with van der Waals surface area (Å²) in [7, 11) is -4.83. The monoisotopic (exact) mass is 469 g/mol. The molecule has 1 aliphatic rings. The van der Waals surface area contributed by atoms with Crippen LogP contribution < -0.4 is 5.01 Å². The number of phenols is 1. The lowest BCUT2D eigenvalue weighted by Crippen LogP contribution is -2.29. The van der Waals surface area contributed by atoms with Crippen molar-refractivity contribution in [3.8, 4) is 5.75 Å². The van der Waals surface area contributed by atoms with Crippen molar-refractivity contribution in [2.75, 3.05) is 5.01 Å². The first-order valence-electron chi connectivity index (χ1n) is 9.34. The number of nitrogens with zero attached hydrogens (tertiary/aromatic N) is 5. The minimum atomic E-state index is -4.83. The molecule has 0 fully saturated rings. The fourth-order valence-corrected chi connectivity index (χ4v) is 4.05. The van der Waals surface area contributed by atoms with E-state index in [9.17, 15) is 33.0 Å². The van der Waals surface area contributed by atoms with Crippen molar-refractivity contribution in [3.05, 3.63) is 64.7 Å². The van der Waals surface area contributed by atoms with Crippen molar-refractivity contribution in [1.82, 2.24) is 0 Å². The molecule has 168 valence electrons. The third kappa shape index (κ3) is 4.02. The molecule has 0 spiro atoms. The van der Waals surface area contributed by atoms with Gasteiger partial charge >= 0.3 is 0 Å². The maximum absolute atomic E-state index is 12.8. The van der Waals surface area contributed by atoms with Crippen LogP contribution in [0.1, 0.15) is 6.92 Å². The largest absolute Gasteiger partial charge is 0.506 e. The third-order valence-corrected chi connectivity index (χ3v) is 5.79. The van der Waals surface area contributed by atoms with Crippen LogP contribution in [0.15, 0.2) is 74.8 Å². The Bertz CT molecular complexity index is 1470. The molecule has 0 aromatic heterocycles. The highest BCUT2D eigenvalue weighted by Gasteiger charge is 2.35. The second-order valence-corrected chi connectivity index (χ2v) is 8.44. The number of amides is 1. The Kier molecular flexibility index (Phi) is 5.35. The van der Waals surface area contributed by atoms with Crippen LogP contribution in [0.2, 0.25) is 0 Å². The van der Waals surface area contributed by atoms with Gasteiger partial charge in [0.25, 0.3) is 21.7 Å². The smallest absolute Gasteiger partial charge is 0.295 e. The van der Waals surface area contributed by atoms with Gasteiger partial charge in [0.2, 0.25) is 0 Å². The molecule has 1 amide bonds. The molecule has 0 unspecified atom stereocenters. The second-order valence-electron chi connectivity index (χ2n) is 7.05. The Morgan fingerprint density at radius 1 is 1.12 bits per heavy atom. The van der Waals surface area contributed by atoms with Gasteiger partial charge in [0, 0.05) is 29.0 Å². The summed E-state index contributed by atoms with van der Waals surface area (Å²) in [6.07, 6.45) is 0. The molecule has 0 saturated carbocycles. The molecule has 0 aliphatic carbocycles. The average Bonchev–Trinajstić information content (AvgIpc) is 3.05. The molecule has 1 heterocycles. The molecule has 13 heteroatoms. The Morgan fingerprint density at radius 2 is 1.82 bits per heavy atom. The van der Waals surface area contributed by atoms with Crippen molar-refractivity contribution in [1.29, 1.82) is 0 Å². The van der Waals surface area contributed by atoms with E-state index in [2.05, 4.69) is 15.3 Å². The highest BCUT2D eigenvalue weighted by atomic mass is 32.2. The lowest BCUT2D eigenvalue weighted by atomic mass is 10.1. The van der Waals surface area contributed by atoms with Gasteiger partial charge in [-0.05, 0) is 25.1 Å². The van der Waals surface area contributed by atoms with Crippen molar-refractivity contribution in [2.24, 2.45) is 15.3 Å². The van der Waals surface area contributed by atoms with Crippen LogP contribution in [-0.4, -0.2) is 40.7 Å². The molecule has 0 saturated heterocycles. The summed E-state index contributed by atoms with van der Waals surface area (Å²) in [6.45, 7) is 1.58. The zero-order chi connectivity index (χ0) is 23.9. The summed E-state index contributed by atoms with van der Waals surface area (Å²) < 4.78 is 33.1. The Hall–Kier alpha value is -4.23. The lowest BCUT2D eigenvalue weighted by Gasteiger charge is -2.12. The Labute approximate surface area is 186 Å². The first-order chi connectivity index (χ1) is 15.6. The van der Waals surface area contributed by atoms with Gasteiger partial charge in [0.1, 0.15) is 16.3 Å². The number of anilines is 1.